The Morgan fingerprint density at radius 3 is 2.75 bits per heavy atom. The first kappa shape index (κ1) is 15.4. The molecule has 1 fully saturated rings. The molecule has 4 rings (SSSR count). The van der Waals surface area contributed by atoms with Crippen molar-refractivity contribution in [3.05, 3.63) is 45.5 Å². The monoisotopic (exact) mass is 350 g/mol. The first-order valence-corrected chi connectivity index (χ1v) is 8.10. The number of carbonyl (C=O) groups is 1. The van der Waals surface area contributed by atoms with Gasteiger partial charge in [0.15, 0.2) is 4.77 Å². The zero-order valence-electron chi connectivity index (χ0n) is 13.0. The van der Waals surface area contributed by atoms with E-state index in [4.69, 9.17) is 12.2 Å². The SMILES string of the molecule is Cn1c(CC2(c3ccc4c(c3)C(=O)NC4)CC(F)(F)C2)n[nH]c1=S. The van der Waals surface area contributed by atoms with E-state index < -0.39 is 11.3 Å². The van der Waals surface area contributed by atoms with Gasteiger partial charge in [-0.3, -0.25) is 9.89 Å². The number of carbonyl (C=O) groups excluding carboxylic acids is 1. The molecule has 1 aliphatic heterocycles. The highest BCUT2D eigenvalue weighted by Gasteiger charge is 2.57. The van der Waals surface area contributed by atoms with Crippen molar-refractivity contribution < 1.29 is 13.6 Å². The summed E-state index contributed by atoms with van der Waals surface area (Å²) >= 11 is 5.10. The predicted octanol–water partition coefficient (Wildman–Crippen LogP) is 2.63. The molecule has 0 bridgehead atoms. The topological polar surface area (TPSA) is 62.7 Å². The van der Waals surface area contributed by atoms with Crippen LogP contribution < -0.4 is 5.32 Å². The second-order valence-electron chi connectivity index (χ2n) is 6.73. The van der Waals surface area contributed by atoms with Crippen molar-refractivity contribution in [2.24, 2.45) is 7.05 Å². The second kappa shape index (κ2) is 4.95. The van der Waals surface area contributed by atoms with Crippen LogP contribution >= 0.6 is 12.2 Å². The molecular weight excluding hydrogens is 334 g/mol. The van der Waals surface area contributed by atoms with Gasteiger partial charge in [0.05, 0.1) is 0 Å². The quantitative estimate of drug-likeness (QED) is 0.837. The Morgan fingerprint density at radius 1 is 1.38 bits per heavy atom. The van der Waals surface area contributed by atoms with Crippen LogP contribution in [0.3, 0.4) is 0 Å². The third-order valence-corrected chi connectivity index (χ3v) is 5.43. The number of hydrogen-bond donors (Lipinski definition) is 2. The van der Waals surface area contributed by atoms with Crippen molar-refractivity contribution in [3.8, 4) is 0 Å². The summed E-state index contributed by atoms with van der Waals surface area (Å²) in [4.78, 5) is 11.9. The second-order valence-corrected chi connectivity index (χ2v) is 7.11. The molecule has 2 heterocycles. The lowest BCUT2D eigenvalue weighted by molar-refractivity contribution is -0.127. The molecule has 0 atom stereocenters. The maximum Gasteiger partial charge on any atom is 0.251 e. The van der Waals surface area contributed by atoms with Gasteiger partial charge < -0.3 is 9.88 Å². The van der Waals surface area contributed by atoms with Crippen molar-refractivity contribution >= 4 is 18.1 Å². The molecular formula is C16H16F2N4OS. The van der Waals surface area contributed by atoms with Gasteiger partial charge in [-0.15, -0.1) is 0 Å². The Morgan fingerprint density at radius 2 is 2.12 bits per heavy atom. The molecule has 2 aromatic rings. The molecule has 1 aromatic heterocycles. The van der Waals surface area contributed by atoms with Crippen LogP contribution in [0.5, 0.6) is 0 Å². The Hall–Kier alpha value is -2.09. The lowest BCUT2D eigenvalue weighted by Gasteiger charge is -2.47. The van der Waals surface area contributed by atoms with Crippen molar-refractivity contribution in [1.82, 2.24) is 20.1 Å². The number of benzene rings is 1. The summed E-state index contributed by atoms with van der Waals surface area (Å²) in [5.41, 5.74) is 1.52. The minimum absolute atomic E-state index is 0.147. The molecule has 0 spiro atoms. The van der Waals surface area contributed by atoms with Crippen molar-refractivity contribution in [2.45, 2.75) is 37.1 Å². The molecule has 2 aliphatic rings. The smallest absolute Gasteiger partial charge is 0.251 e. The van der Waals surface area contributed by atoms with Gasteiger partial charge in [0.1, 0.15) is 5.82 Å². The highest BCUT2D eigenvalue weighted by molar-refractivity contribution is 7.71. The molecule has 8 heteroatoms. The fourth-order valence-electron chi connectivity index (χ4n) is 3.75. The average molecular weight is 350 g/mol. The number of hydrogen-bond acceptors (Lipinski definition) is 3. The zero-order valence-corrected chi connectivity index (χ0v) is 13.8. The number of aromatic amines is 1. The molecule has 1 amide bonds. The van der Waals surface area contributed by atoms with E-state index in [2.05, 4.69) is 15.5 Å². The van der Waals surface area contributed by atoms with E-state index in [0.29, 0.717) is 29.1 Å². The minimum atomic E-state index is -2.69. The fraction of sp³-hybridized carbons (Fsp3) is 0.438. The molecule has 1 aliphatic carbocycles. The van der Waals surface area contributed by atoms with Gasteiger partial charge >= 0.3 is 0 Å². The van der Waals surface area contributed by atoms with E-state index in [1.54, 1.807) is 17.7 Å². The normalized spacial score (nSPS) is 20.4. The first-order chi connectivity index (χ1) is 11.3. The van der Waals surface area contributed by atoms with Crippen LogP contribution in [0.4, 0.5) is 8.78 Å². The minimum Gasteiger partial charge on any atom is -0.348 e. The molecule has 0 radical (unpaired) electrons. The number of nitrogens with one attached hydrogen (secondary N) is 2. The third kappa shape index (κ3) is 2.28. The predicted molar refractivity (Wildman–Crippen MR) is 85.6 cm³/mol. The molecule has 126 valence electrons. The summed E-state index contributed by atoms with van der Waals surface area (Å²) in [6.45, 7) is 0.491. The molecule has 1 saturated carbocycles. The summed E-state index contributed by atoms with van der Waals surface area (Å²) in [5.74, 6) is -2.20. The number of H-pyrrole nitrogens is 1. The van der Waals surface area contributed by atoms with Crippen LogP contribution in [0.15, 0.2) is 18.2 Å². The molecule has 2 N–H and O–H groups in total. The Balaban J connectivity index is 1.75. The van der Waals surface area contributed by atoms with E-state index >= 15 is 0 Å². The number of aromatic nitrogens is 3. The number of rotatable bonds is 3. The summed E-state index contributed by atoms with van der Waals surface area (Å²) in [6, 6.07) is 5.47. The van der Waals surface area contributed by atoms with Crippen molar-refractivity contribution in [1.29, 1.82) is 0 Å². The molecule has 0 unspecified atom stereocenters. The molecule has 24 heavy (non-hydrogen) atoms. The summed E-state index contributed by atoms with van der Waals surface area (Å²) in [6.07, 6.45) is -0.146. The highest BCUT2D eigenvalue weighted by Crippen LogP contribution is 2.55. The third-order valence-electron chi connectivity index (χ3n) is 5.07. The lowest BCUT2D eigenvalue weighted by atomic mass is 9.60. The number of halogens is 2. The number of nitrogens with zero attached hydrogens (tertiary/aromatic N) is 2. The summed E-state index contributed by atoms with van der Waals surface area (Å²) in [5, 5.41) is 9.61. The lowest BCUT2D eigenvalue weighted by Crippen LogP contribution is -2.51. The highest BCUT2D eigenvalue weighted by atomic mass is 32.1. The van der Waals surface area contributed by atoms with Crippen LogP contribution in [0.2, 0.25) is 0 Å². The average Bonchev–Trinajstić information content (AvgIpc) is 3.02. The Labute approximate surface area is 142 Å². The van der Waals surface area contributed by atoms with Crippen LogP contribution in [-0.2, 0) is 25.4 Å². The Bertz CT molecular complexity index is 894. The fourth-order valence-corrected chi connectivity index (χ4v) is 3.90. The maximum absolute atomic E-state index is 13.7. The largest absolute Gasteiger partial charge is 0.348 e. The first-order valence-electron chi connectivity index (χ1n) is 7.69. The molecule has 1 aromatic carbocycles. The maximum atomic E-state index is 13.7. The van der Waals surface area contributed by atoms with Gasteiger partial charge in [0, 0.05) is 43.8 Å². The van der Waals surface area contributed by atoms with Crippen LogP contribution in [0.1, 0.15) is 40.2 Å². The van der Waals surface area contributed by atoms with Gasteiger partial charge in [0.2, 0.25) is 5.92 Å². The van der Waals surface area contributed by atoms with E-state index in [0.717, 1.165) is 11.1 Å². The van der Waals surface area contributed by atoms with Crippen LogP contribution in [0, 0.1) is 4.77 Å². The number of fused-ring (bicyclic) bond motifs is 1. The van der Waals surface area contributed by atoms with E-state index in [1.807, 2.05) is 12.1 Å². The van der Waals surface area contributed by atoms with E-state index in [-0.39, 0.29) is 18.7 Å². The van der Waals surface area contributed by atoms with Crippen molar-refractivity contribution in [2.75, 3.05) is 0 Å². The number of amides is 1. The van der Waals surface area contributed by atoms with Gasteiger partial charge in [-0.2, -0.15) is 5.10 Å². The number of alkyl halides is 2. The molecule has 0 saturated heterocycles. The van der Waals surface area contributed by atoms with Crippen LogP contribution in [-0.4, -0.2) is 26.6 Å². The zero-order chi connectivity index (χ0) is 17.1. The Kier molecular flexibility index (Phi) is 3.19. The van der Waals surface area contributed by atoms with Gasteiger partial charge in [-0.25, -0.2) is 8.78 Å². The summed E-state index contributed by atoms with van der Waals surface area (Å²) in [7, 11) is 1.77. The van der Waals surface area contributed by atoms with E-state index in [9.17, 15) is 13.6 Å². The summed E-state index contributed by atoms with van der Waals surface area (Å²) < 4.78 is 29.6. The van der Waals surface area contributed by atoms with Gasteiger partial charge in [-0.05, 0) is 29.4 Å². The standard InChI is InChI=1S/C16H16F2N4OS/c1-22-12(20-21-14(22)24)5-15(7-16(17,18)8-15)10-3-2-9-6-19-13(23)11(9)4-10/h2-4H,5-8H2,1H3,(H,19,23)(H,21,24). The van der Waals surface area contributed by atoms with E-state index in [1.165, 1.54) is 0 Å². The molecule has 5 nitrogen and oxygen atoms in total. The van der Waals surface area contributed by atoms with Gasteiger partial charge in [0.25, 0.3) is 5.91 Å². The van der Waals surface area contributed by atoms with Gasteiger partial charge in [-0.1, -0.05) is 12.1 Å². The van der Waals surface area contributed by atoms with Crippen LogP contribution in [0.25, 0.3) is 0 Å². The van der Waals surface area contributed by atoms with Crippen molar-refractivity contribution in [3.63, 3.8) is 0 Å².